The van der Waals surface area contributed by atoms with Crippen LogP contribution in [0, 0.1) is 12.3 Å². The summed E-state index contributed by atoms with van der Waals surface area (Å²) in [5.74, 6) is 0.567. The maximum Gasteiger partial charge on any atom is 0.245 e. The number of hydrogen-bond acceptors (Lipinski definition) is 4. The van der Waals surface area contributed by atoms with E-state index in [-0.39, 0.29) is 23.8 Å². The molecule has 21 heavy (non-hydrogen) atoms. The fourth-order valence-corrected chi connectivity index (χ4v) is 1.76. The predicted octanol–water partition coefficient (Wildman–Crippen LogP) is 2.37. The maximum absolute atomic E-state index is 12.2. The standard InChI is InChI=1S/C15H23N3O3/c1-6-7-18(14(20)9-15(3,4)5)10-13(19)16-12-8-11(2)21-17-12/h6,8H,1,7,9-10H2,2-5H3,(H,16,17,19). The van der Waals surface area contributed by atoms with E-state index in [1.54, 1.807) is 19.1 Å². The van der Waals surface area contributed by atoms with Gasteiger partial charge in [0.1, 0.15) is 12.3 Å². The van der Waals surface area contributed by atoms with E-state index in [2.05, 4.69) is 17.1 Å². The first-order chi connectivity index (χ1) is 9.71. The van der Waals surface area contributed by atoms with Crippen molar-refractivity contribution in [3.63, 3.8) is 0 Å². The van der Waals surface area contributed by atoms with Gasteiger partial charge in [0.15, 0.2) is 5.82 Å². The van der Waals surface area contributed by atoms with E-state index in [0.717, 1.165) is 0 Å². The number of carbonyl (C=O) groups is 2. The molecule has 0 aromatic carbocycles. The second-order valence-electron chi connectivity index (χ2n) is 6.17. The van der Waals surface area contributed by atoms with Crippen molar-refractivity contribution in [1.29, 1.82) is 0 Å². The number of rotatable bonds is 6. The average Bonchev–Trinajstić information content (AvgIpc) is 2.71. The molecule has 0 unspecified atom stereocenters. The molecule has 0 saturated heterocycles. The largest absolute Gasteiger partial charge is 0.360 e. The van der Waals surface area contributed by atoms with Gasteiger partial charge in [-0.1, -0.05) is 32.0 Å². The summed E-state index contributed by atoms with van der Waals surface area (Å²) in [7, 11) is 0. The molecule has 1 aromatic heterocycles. The molecule has 6 heteroatoms. The summed E-state index contributed by atoms with van der Waals surface area (Å²) in [5.41, 5.74) is -0.129. The van der Waals surface area contributed by atoms with Crippen LogP contribution in [0.4, 0.5) is 5.82 Å². The topological polar surface area (TPSA) is 75.4 Å². The lowest BCUT2D eigenvalue weighted by Crippen LogP contribution is -2.39. The van der Waals surface area contributed by atoms with Gasteiger partial charge in [-0.25, -0.2) is 0 Å². The molecule has 0 aliphatic carbocycles. The Labute approximate surface area is 125 Å². The van der Waals surface area contributed by atoms with Crippen LogP contribution in [-0.2, 0) is 9.59 Å². The summed E-state index contributed by atoms with van der Waals surface area (Å²) in [5, 5.41) is 6.28. The minimum absolute atomic E-state index is 0.0349. The molecule has 1 heterocycles. The number of hydrogen-bond donors (Lipinski definition) is 1. The van der Waals surface area contributed by atoms with Crippen molar-refractivity contribution >= 4 is 17.6 Å². The Morgan fingerprint density at radius 1 is 1.48 bits per heavy atom. The highest BCUT2D eigenvalue weighted by Gasteiger charge is 2.22. The minimum atomic E-state index is -0.313. The highest BCUT2D eigenvalue weighted by molar-refractivity contribution is 5.93. The summed E-state index contributed by atoms with van der Waals surface area (Å²) in [6, 6.07) is 1.62. The van der Waals surface area contributed by atoms with Gasteiger partial charge in [-0.15, -0.1) is 6.58 Å². The Bertz CT molecular complexity index is 514. The van der Waals surface area contributed by atoms with E-state index in [1.165, 1.54) is 4.90 Å². The van der Waals surface area contributed by atoms with Gasteiger partial charge in [0.05, 0.1) is 0 Å². The van der Waals surface area contributed by atoms with Gasteiger partial charge in [0.2, 0.25) is 11.8 Å². The monoisotopic (exact) mass is 293 g/mol. The number of aryl methyl sites for hydroxylation is 1. The minimum Gasteiger partial charge on any atom is -0.360 e. The maximum atomic E-state index is 12.2. The predicted molar refractivity (Wildman–Crippen MR) is 80.7 cm³/mol. The molecule has 1 aromatic rings. The molecule has 0 fully saturated rings. The molecule has 1 N–H and O–H groups in total. The fraction of sp³-hybridized carbons (Fsp3) is 0.533. The Balaban J connectivity index is 2.62. The Kier molecular flexibility index (Phi) is 5.69. The van der Waals surface area contributed by atoms with Crippen LogP contribution in [0.15, 0.2) is 23.2 Å². The molecule has 1 rings (SSSR count). The molecule has 116 valence electrons. The number of nitrogens with one attached hydrogen (secondary N) is 1. The zero-order valence-corrected chi connectivity index (χ0v) is 13.1. The Morgan fingerprint density at radius 3 is 2.62 bits per heavy atom. The van der Waals surface area contributed by atoms with Crippen molar-refractivity contribution < 1.29 is 14.1 Å². The summed E-state index contributed by atoms with van der Waals surface area (Å²) >= 11 is 0. The van der Waals surface area contributed by atoms with Crippen LogP contribution in [-0.4, -0.2) is 35.0 Å². The fourth-order valence-electron chi connectivity index (χ4n) is 1.76. The van der Waals surface area contributed by atoms with Crippen molar-refractivity contribution in [2.75, 3.05) is 18.4 Å². The van der Waals surface area contributed by atoms with Crippen molar-refractivity contribution in [2.45, 2.75) is 34.1 Å². The average molecular weight is 293 g/mol. The van der Waals surface area contributed by atoms with E-state index in [1.807, 2.05) is 20.8 Å². The van der Waals surface area contributed by atoms with Crippen LogP contribution in [0.3, 0.4) is 0 Å². The lowest BCUT2D eigenvalue weighted by Gasteiger charge is -2.25. The normalized spacial score (nSPS) is 11.0. The second kappa shape index (κ2) is 7.06. The third kappa shape index (κ3) is 6.25. The lowest BCUT2D eigenvalue weighted by atomic mass is 9.91. The molecule has 0 saturated carbocycles. The zero-order valence-electron chi connectivity index (χ0n) is 13.1. The van der Waals surface area contributed by atoms with E-state index in [4.69, 9.17) is 4.52 Å². The van der Waals surface area contributed by atoms with Crippen LogP contribution in [0.2, 0.25) is 0 Å². The summed E-state index contributed by atoms with van der Waals surface area (Å²) in [6.07, 6.45) is 1.98. The van der Waals surface area contributed by atoms with E-state index < -0.39 is 0 Å². The zero-order chi connectivity index (χ0) is 16.0. The van der Waals surface area contributed by atoms with Crippen molar-refractivity contribution in [3.05, 3.63) is 24.5 Å². The molecular formula is C15H23N3O3. The summed E-state index contributed by atoms with van der Waals surface area (Å²) < 4.78 is 4.87. The van der Waals surface area contributed by atoms with Crippen molar-refractivity contribution in [3.8, 4) is 0 Å². The van der Waals surface area contributed by atoms with Gasteiger partial charge in [-0.05, 0) is 12.3 Å². The van der Waals surface area contributed by atoms with Gasteiger partial charge < -0.3 is 14.7 Å². The molecule has 2 amide bonds. The van der Waals surface area contributed by atoms with E-state index >= 15 is 0 Å². The number of amides is 2. The first-order valence-corrected chi connectivity index (χ1v) is 6.83. The highest BCUT2D eigenvalue weighted by Crippen LogP contribution is 2.19. The second-order valence-corrected chi connectivity index (χ2v) is 6.17. The van der Waals surface area contributed by atoms with Gasteiger partial charge >= 0.3 is 0 Å². The molecule has 0 radical (unpaired) electrons. The number of carbonyl (C=O) groups excluding carboxylic acids is 2. The molecule has 0 spiro atoms. The third-order valence-electron chi connectivity index (χ3n) is 2.61. The van der Waals surface area contributed by atoms with Gasteiger partial charge in [-0.3, -0.25) is 9.59 Å². The molecule has 0 aliphatic rings. The summed E-state index contributed by atoms with van der Waals surface area (Å²) in [4.78, 5) is 25.6. The van der Waals surface area contributed by atoms with Crippen LogP contribution < -0.4 is 5.32 Å². The molecule has 6 nitrogen and oxygen atoms in total. The Morgan fingerprint density at radius 2 is 2.14 bits per heavy atom. The van der Waals surface area contributed by atoms with Gasteiger partial charge in [0.25, 0.3) is 0 Å². The van der Waals surface area contributed by atoms with E-state index in [0.29, 0.717) is 24.5 Å². The molecule has 0 atom stereocenters. The van der Waals surface area contributed by atoms with Crippen LogP contribution in [0.1, 0.15) is 33.0 Å². The lowest BCUT2D eigenvalue weighted by molar-refractivity contribution is -0.135. The smallest absolute Gasteiger partial charge is 0.245 e. The number of anilines is 1. The van der Waals surface area contributed by atoms with Gasteiger partial charge in [0, 0.05) is 19.0 Å². The molecular weight excluding hydrogens is 270 g/mol. The van der Waals surface area contributed by atoms with Crippen molar-refractivity contribution in [1.82, 2.24) is 10.1 Å². The third-order valence-corrected chi connectivity index (χ3v) is 2.61. The van der Waals surface area contributed by atoms with Gasteiger partial charge in [-0.2, -0.15) is 0 Å². The van der Waals surface area contributed by atoms with Crippen LogP contribution in [0.25, 0.3) is 0 Å². The number of aromatic nitrogens is 1. The quantitative estimate of drug-likeness (QED) is 0.817. The first-order valence-electron chi connectivity index (χ1n) is 6.83. The SMILES string of the molecule is C=CCN(CC(=O)Nc1cc(C)on1)C(=O)CC(C)(C)C. The molecule has 0 aliphatic heterocycles. The summed E-state index contributed by atoms with van der Waals surface area (Å²) in [6.45, 7) is 11.6. The van der Waals surface area contributed by atoms with Crippen molar-refractivity contribution in [2.24, 2.45) is 5.41 Å². The van der Waals surface area contributed by atoms with Crippen LogP contribution >= 0.6 is 0 Å². The Hall–Kier alpha value is -2.11. The number of nitrogens with zero attached hydrogens (tertiary/aromatic N) is 2. The first kappa shape index (κ1) is 16.9. The highest BCUT2D eigenvalue weighted by atomic mass is 16.5. The van der Waals surface area contributed by atoms with Crippen LogP contribution in [0.5, 0.6) is 0 Å². The molecule has 0 bridgehead atoms. The van der Waals surface area contributed by atoms with E-state index in [9.17, 15) is 9.59 Å².